The lowest BCUT2D eigenvalue weighted by Crippen LogP contribution is -2.31. The highest BCUT2D eigenvalue weighted by atomic mass is 16.4. The molecule has 0 heterocycles. The zero-order chi connectivity index (χ0) is 68.6. The molecule has 7 aromatic carbocycles. The smallest absolute Gasteiger partial charge is 0.317 e. The van der Waals surface area contributed by atoms with Crippen LogP contribution in [0, 0.1) is 12.3 Å². The number of nitrogens with zero attached hydrogens (tertiary/aromatic N) is 5. The molecule has 7 rings (SSSR count). The molecule has 0 bridgehead atoms. The highest BCUT2D eigenvalue weighted by Crippen LogP contribution is 2.34. The lowest BCUT2D eigenvalue weighted by atomic mass is 9.91. The van der Waals surface area contributed by atoms with Gasteiger partial charge in [-0.3, -0.25) is 50.0 Å². The van der Waals surface area contributed by atoms with Crippen LogP contribution >= 0.6 is 0 Å². The largest absolute Gasteiger partial charge is 0.508 e. The van der Waals surface area contributed by atoms with Gasteiger partial charge < -0.3 is 56.3 Å². The number of phenols is 5. The van der Waals surface area contributed by atoms with E-state index in [1.807, 2.05) is 116 Å². The van der Waals surface area contributed by atoms with Gasteiger partial charge in [-0.05, 0) is 110 Å². The van der Waals surface area contributed by atoms with Gasteiger partial charge in [0, 0.05) is 135 Å². The van der Waals surface area contributed by atoms with Crippen LogP contribution in [-0.4, -0.2) is 168 Å². The van der Waals surface area contributed by atoms with Crippen LogP contribution in [0.15, 0.2) is 189 Å². The molecule has 0 radical (unpaired) electrons. The second kappa shape index (κ2) is 42.1. The van der Waals surface area contributed by atoms with Crippen molar-refractivity contribution in [1.82, 2.24) is 21.3 Å². The Bertz CT molecular complexity index is 3450. The van der Waals surface area contributed by atoms with E-state index in [0.29, 0.717) is 62.3 Å². The summed E-state index contributed by atoms with van der Waals surface area (Å²) in [7, 11) is 0. The Morgan fingerprint density at radius 3 is 1.27 bits per heavy atom. The molecule has 0 amide bonds. The third-order valence-electron chi connectivity index (χ3n) is 14.6. The van der Waals surface area contributed by atoms with E-state index in [1.165, 1.54) is 19.1 Å². The first kappa shape index (κ1) is 75.5. The van der Waals surface area contributed by atoms with Crippen LogP contribution in [0.4, 0.5) is 0 Å². The van der Waals surface area contributed by atoms with E-state index < -0.39 is 43.1 Å². The Morgan fingerprint density at radius 2 is 0.842 bits per heavy atom. The molecule has 21 heteroatoms. The molecule has 0 saturated carbocycles. The minimum atomic E-state index is -1.12. The number of aliphatic carboxylic acids is 3. The minimum Gasteiger partial charge on any atom is -0.508 e. The summed E-state index contributed by atoms with van der Waals surface area (Å²) in [5.41, 5.74) is 7.44. The van der Waals surface area contributed by atoms with E-state index in [4.69, 9.17) is 5.11 Å². The van der Waals surface area contributed by atoms with Crippen molar-refractivity contribution in [3.05, 3.63) is 219 Å². The maximum absolute atomic E-state index is 11.4. The summed E-state index contributed by atoms with van der Waals surface area (Å²) in [6.07, 6.45) is 10.3. The third-order valence-corrected chi connectivity index (χ3v) is 14.6. The standard InChI is InChI=1S/C27H29N3O.C27H34N2O9.C20H26N4O2/c1-22-13-14-26(31)25(15-22)18-30-21-27(2,19-28-16-23-9-5-3-6-10-23)20-29-17-24-11-7-4-8-12-24;1-16(30)2-3-17-4-9-23(31)19(12-17)21(28-14-26(35)36)7-8-22(29-15-27(37)38)20-13-18(5-10-24(20)32)6-11-25(33)34;25-19-7-3-1-5-17(19)15-23-13-11-21-9-10-22-12-14-24-16-18-6-2-4-8-20(18)26/h3-18,31H,19-21H2,1-2H3;4-5,9-10,12-13,21-22,28-29,31-32H,2-3,6-8,11,14-15H2,1H3,(H,33,34)(H,35,36)(H,37,38);1-8,15-16,21-22,25-26H,9-14H2. The van der Waals surface area contributed by atoms with E-state index in [0.717, 1.165) is 65.1 Å². The van der Waals surface area contributed by atoms with Gasteiger partial charge in [0.05, 0.1) is 26.2 Å². The summed E-state index contributed by atoms with van der Waals surface area (Å²) in [5, 5.41) is 90.2. The number of hydrogen-bond acceptors (Lipinski definition) is 18. The Kier molecular flexibility index (Phi) is 33.5. The number of carboxylic acids is 3. The fourth-order valence-electron chi connectivity index (χ4n) is 9.48. The molecule has 2 atom stereocenters. The minimum absolute atomic E-state index is 0.0120. The number of aromatic hydroxyl groups is 5. The van der Waals surface area contributed by atoms with Crippen LogP contribution in [0.5, 0.6) is 28.7 Å². The molecule has 7 aromatic rings. The van der Waals surface area contributed by atoms with Crippen molar-refractivity contribution in [1.29, 1.82) is 0 Å². The molecule has 0 aliphatic rings. The Balaban J connectivity index is 0.000000263. The lowest BCUT2D eigenvalue weighted by molar-refractivity contribution is -0.137. The number of carbonyl (C=O) groups excluding carboxylic acids is 1. The highest BCUT2D eigenvalue weighted by molar-refractivity contribution is 5.85. The SMILES string of the molecule is CC(=O)CCc1ccc(O)c(C(CCC(NCC(=O)O)c2cc(CCC(=O)O)ccc2O)NCC(=O)O)c1.Cc1ccc(O)c(C=NCC(C)(CN=Cc2ccccc2)CN=Cc2ccccc2)c1.Oc1ccccc1C=NCCNCCNCCN=Cc1ccccc1O. The van der Waals surface area contributed by atoms with Gasteiger partial charge in [-0.1, -0.05) is 128 Å². The number of Topliss-reactive ketones (excluding diaryl/α,β-unsaturated/α-hetero) is 1. The summed E-state index contributed by atoms with van der Waals surface area (Å²) < 4.78 is 0. The molecule has 12 N–H and O–H groups in total. The molecule has 0 fully saturated rings. The van der Waals surface area contributed by atoms with Crippen molar-refractivity contribution in [3.8, 4) is 28.7 Å². The zero-order valence-corrected chi connectivity index (χ0v) is 54.1. The number of aliphatic imine (C=N–C) groups is 5. The number of benzene rings is 7. The Morgan fingerprint density at radius 1 is 0.442 bits per heavy atom. The van der Waals surface area contributed by atoms with Crippen molar-refractivity contribution >= 4 is 54.8 Å². The van der Waals surface area contributed by atoms with Gasteiger partial charge in [0.15, 0.2) is 0 Å². The van der Waals surface area contributed by atoms with Crippen molar-refractivity contribution in [3.63, 3.8) is 0 Å². The number of rotatable bonds is 37. The first-order valence-electron chi connectivity index (χ1n) is 31.4. The molecule has 21 nitrogen and oxygen atoms in total. The summed E-state index contributed by atoms with van der Waals surface area (Å²) >= 11 is 0. The maximum atomic E-state index is 11.4. The van der Waals surface area contributed by atoms with Crippen LogP contribution in [0.25, 0.3) is 0 Å². The first-order valence-corrected chi connectivity index (χ1v) is 31.4. The van der Waals surface area contributed by atoms with E-state index in [-0.39, 0.29) is 65.6 Å². The number of aryl methyl sites for hydroxylation is 3. The summed E-state index contributed by atoms with van der Waals surface area (Å²) in [6, 6.07) is 48.1. The quantitative estimate of drug-likeness (QED) is 0.0127. The first-order chi connectivity index (χ1) is 45.8. The second-order valence-electron chi connectivity index (χ2n) is 22.9. The monoisotopic (exact) mass is 1300 g/mol. The van der Waals surface area contributed by atoms with Gasteiger partial charge in [-0.15, -0.1) is 0 Å². The number of ketones is 1. The van der Waals surface area contributed by atoms with Crippen molar-refractivity contribution in [2.24, 2.45) is 30.4 Å². The summed E-state index contributed by atoms with van der Waals surface area (Å²) in [4.78, 5) is 67.5. The Labute approximate surface area is 555 Å². The van der Waals surface area contributed by atoms with Gasteiger partial charge in [0.2, 0.25) is 0 Å². The van der Waals surface area contributed by atoms with E-state index in [2.05, 4.69) is 53.2 Å². The van der Waals surface area contributed by atoms with Gasteiger partial charge >= 0.3 is 17.9 Å². The number of nitrogens with one attached hydrogen (secondary N) is 4. The van der Waals surface area contributed by atoms with Crippen LogP contribution < -0.4 is 21.3 Å². The van der Waals surface area contributed by atoms with Crippen LogP contribution in [0.3, 0.4) is 0 Å². The summed E-state index contributed by atoms with van der Waals surface area (Å²) in [6.45, 7) is 11.2. The molecule has 0 aromatic heterocycles. The molecule has 95 heavy (non-hydrogen) atoms. The van der Waals surface area contributed by atoms with Gasteiger partial charge in [0.25, 0.3) is 0 Å². The topological polar surface area (TPSA) is 340 Å². The van der Waals surface area contributed by atoms with E-state index in [1.54, 1.807) is 73.2 Å². The van der Waals surface area contributed by atoms with Crippen molar-refractivity contribution < 1.29 is 60.0 Å². The van der Waals surface area contributed by atoms with Crippen molar-refractivity contribution in [2.75, 3.05) is 72.0 Å². The molecule has 0 saturated heterocycles. The lowest BCUT2D eigenvalue weighted by Gasteiger charge is -2.25. The van der Waals surface area contributed by atoms with E-state index >= 15 is 0 Å². The van der Waals surface area contributed by atoms with Crippen LogP contribution in [0.2, 0.25) is 0 Å². The predicted molar refractivity (Wildman–Crippen MR) is 375 cm³/mol. The number of hydrogen-bond donors (Lipinski definition) is 12. The number of carbonyl (C=O) groups is 4. The molecule has 0 spiro atoms. The number of phenolic OH excluding ortho intramolecular Hbond substituents is 5. The fourth-order valence-corrected chi connectivity index (χ4v) is 9.48. The average Bonchev–Trinajstić information content (AvgIpc) is 0.925. The number of carboxylic acid groups (broad SMARTS) is 3. The molecule has 502 valence electrons. The molecule has 0 aliphatic carbocycles. The molecule has 2 unspecified atom stereocenters. The van der Waals surface area contributed by atoms with Crippen LogP contribution in [-0.2, 0) is 32.0 Å². The zero-order valence-electron chi connectivity index (χ0n) is 54.1. The maximum Gasteiger partial charge on any atom is 0.317 e. The van der Waals surface area contributed by atoms with Gasteiger partial charge in [-0.2, -0.15) is 0 Å². The summed E-state index contributed by atoms with van der Waals surface area (Å²) in [5.74, 6) is -2.61. The predicted octanol–water partition coefficient (Wildman–Crippen LogP) is 9.73. The van der Waals surface area contributed by atoms with Crippen molar-refractivity contribution in [2.45, 2.75) is 71.4 Å². The molecule has 0 aliphatic heterocycles. The van der Waals surface area contributed by atoms with Crippen LogP contribution in [0.1, 0.15) is 107 Å². The Hall–Kier alpha value is -10.2. The van der Waals surface area contributed by atoms with Gasteiger partial charge in [0.1, 0.15) is 34.5 Å². The average molecular weight is 1300 g/mol. The molecular weight excluding hydrogens is 1210 g/mol. The third kappa shape index (κ3) is 30.4. The number of para-hydroxylation sites is 2. The normalized spacial score (nSPS) is 12.7. The molecular formula is C74H89N9O12. The van der Waals surface area contributed by atoms with E-state index in [9.17, 15) is 54.9 Å². The highest BCUT2D eigenvalue weighted by Gasteiger charge is 2.25. The fraction of sp³-hybridized carbons (Fsp3) is 0.311. The van der Waals surface area contributed by atoms with Gasteiger partial charge in [-0.25, -0.2) is 0 Å². The second-order valence-corrected chi connectivity index (χ2v) is 22.9.